The highest BCUT2D eigenvalue weighted by Crippen LogP contribution is 2.34. The quantitative estimate of drug-likeness (QED) is 0.673. The summed E-state index contributed by atoms with van der Waals surface area (Å²) in [5, 5.41) is 0. The SMILES string of the molecule is CC.CC(C)(OC=O)C1CCCCC1.CCCF. The largest absolute Gasteiger partial charge is 0.462 e. The second kappa shape index (κ2) is 12.8. The van der Waals surface area contributed by atoms with Crippen LogP contribution in [-0.4, -0.2) is 18.7 Å². The smallest absolute Gasteiger partial charge is 0.293 e. The first-order valence-electron chi connectivity index (χ1n) is 7.26. The maximum Gasteiger partial charge on any atom is 0.293 e. The van der Waals surface area contributed by atoms with E-state index in [1.54, 1.807) is 6.92 Å². The molecule has 0 amide bonds. The van der Waals surface area contributed by atoms with E-state index in [0.717, 1.165) is 0 Å². The van der Waals surface area contributed by atoms with E-state index in [1.807, 2.05) is 27.7 Å². The summed E-state index contributed by atoms with van der Waals surface area (Å²) >= 11 is 0. The van der Waals surface area contributed by atoms with Gasteiger partial charge in [0.25, 0.3) is 6.47 Å². The highest BCUT2D eigenvalue weighted by atomic mass is 19.1. The van der Waals surface area contributed by atoms with Gasteiger partial charge in [-0.25, -0.2) is 0 Å². The number of carbonyl (C=O) groups is 1. The van der Waals surface area contributed by atoms with Crippen LogP contribution in [0.5, 0.6) is 0 Å². The Morgan fingerprint density at radius 3 is 2.00 bits per heavy atom. The van der Waals surface area contributed by atoms with Crippen molar-refractivity contribution in [3.05, 3.63) is 0 Å². The molecule has 18 heavy (non-hydrogen) atoms. The normalized spacial score (nSPS) is 15.7. The summed E-state index contributed by atoms with van der Waals surface area (Å²) in [5.74, 6) is 0.566. The summed E-state index contributed by atoms with van der Waals surface area (Å²) in [6.07, 6.45) is 6.99. The molecule has 0 bridgehead atoms. The molecular weight excluding hydrogens is 231 g/mol. The van der Waals surface area contributed by atoms with Gasteiger partial charge in [-0.2, -0.15) is 0 Å². The van der Waals surface area contributed by atoms with Crippen molar-refractivity contribution in [2.24, 2.45) is 5.92 Å². The average Bonchev–Trinajstić information content (AvgIpc) is 2.42. The molecule has 0 aromatic rings. The average molecular weight is 262 g/mol. The minimum atomic E-state index is -0.248. The first kappa shape index (κ1) is 19.7. The summed E-state index contributed by atoms with van der Waals surface area (Å²) < 4.78 is 15.8. The van der Waals surface area contributed by atoms with Gasteiger partial charge in [0.05, 0.1) is 6.67 Å². The van der Waals surface area contributed by atoms with Crippen LogP contribution in [-0.2, 0) is 9.53 Å². The number of halogens is 1. The zero-order chi connectivity index (χ0) is 14.4. The molecule has 1 aliphatic rings. The third-order valence-electron chi connectivity index (χ3n) is 3.13. The molecule has 2 nitrogen and oxygen atoms in total. The van der Waals surface area contributed by atoms with Gasteiger partial charge in [0.15, 0.2) is 0 Å². The van der Waals surface area contributed by atoms with Crippen molar-refractivity contribution in [3.63, 3.8) is 0 Å². The molecule has 0 spiro atoms. The highest BCUT2D eigenvalue weighted by Gasteiger charge is 2.31. The van der Waals surface area contributed by atoms with E-state index < -0.39 is 0 Å². The van der Waals surface area contributed by atoms with Crippen molar-refractivity contribution in [2.45, 2.75) is 78.7 Å². The van der Waals surface area contributed by atoms with E-state index in [4.69, 9.17) is 4.74 Å². The topological polar surface area (TPSA) is 26.3 Å². The number of ether oxygens (including phenoxy) is 1. The van der Waals surface area contributed by atoms with Gasteiger partial charge in [0.2, 0.25) is 0 Å². The van der Waals surface area contributed by atoms with Crippen LogP contribution in [0.15, 0.2) is 0 Å². The van der Waals surface area contributed by atoms with Crippen LogP contribution in [0, 0.1) is 5.92 Å². The van der Waals surface area contributed by atoms with E-state index in [1.165, 1.54) is 32.1 Å². The van der Waals surface area contributed by atoms with Crippen LogP contribution >= 0.6 is 0 Å². The molecule has 0 saturated heterocycles. The maximum absolute atomic E-state index is 10.7. The summed E-state index contributed by atoms with van der Waals surface area (Å²) in [7, 11) is 0. The van der Waals surface area contributed by atoms with Crippen LogP contribution < -0.4 is 0 Å². The minimum Gasteiger partial charge on any atom is -0.462 e. The molecule has 1 rings (SSSR count). The molecule has 0 unspecified atom stereocenters. The summed E-state index contributed by atoms with van der Waals surface area (Å²) in [4.78, 5) is 10.2. The lowest BCUT2D eigenvalue weighted by Gasteiger charge is -2.35. The Hall–Kier alpha value is -0.600. The Morgan fingerprint density at radius 2 is 1.67 bits per heavy atom. The molecule has 0 aromatic carbocycles. The molecular formula is C15H31FO2. The van der Waals surface area contributed by atoms with Crippen LogP contribution in [0.3, 0.4) is 0 Å². The van der Waals surface area contributed by atoms with E-state index in [9.17, 15) is 9.18 Å². The predicted octanol–water partition coefficient (Wildman–Crippen LogP) is 4.91. The lowest BCUT2D eigenvalue weighted by molar-refractivity contribution is -0.146. The van der Waals surface area contributed by atoms with Gasteiger partial charge in [-0.15, -0.1) is 0 Å². The van der Waals surface area contributed by atoms with Crippen LogP contribution in [0.1, 0.15) is 73.1 Å². The number of alkyl halides is 1. The van der Waals surface area contributed by atoms with E-state index in [2.05, 4.69) is 0 Å². The molecule has 110 valence electrons. The zero-order valence-electron chi connectivity index (χ0n) is 12.8. The zero-order valence-corrected chi connectivity index (χ0v) is 12.8. The molecule has 0 aromatic heterocycles. The predicted molar refractivity (Wildman–Crippen MR) is 75.4 cm³/mol. The van der Waals surface area contributed by atoms with Crippen LogP contribution in [0.25, 0.3) is 0 Å². The molecule has 0 atom stereocenters. The van der Waals surface area contributed by atoms with Gasteiger partial charge in [-0.3, -0.25) is 9.18 Å². The van der Waals surface area contributed by atoms with Gasteiger partial charge >= 0.3 is 0 Å². The van der Waals surface area contributed by atoms with Gasteiger partial charge < -0.3 is 4.74 Å². The molecule has 1 fully saturated rings. The molecule has 0 radical (unpaired) electrons. The number of carbonyl (C=O) groups excluding carboxylic acids is 1. The number of rotatable bonds is 4. The first-order chi connectivity index (χ1) is 8.58. The fourth-order valence-corrected chi connectivity index (χ4v) is 2.02. The fourth-order valence-electron chi connectivity index (χ4n) is 2.02. The molecule has 1 aliphatic carbocycles. The fraction of sp³-hybridized carbons (Fsp3) is 0.933. The second-order valence-corrected chi connectivity index (χ2v) is 4.84. The van der Waals surface area contributed by atoms with Gasteiger partial charge in [0.1, 0.15) is 5.60 Å². The number of hydrogen-bond donors (Lipinski definition) is 0. The van der Waals surface area contributed by atoms with Gasteiger partial charge in [0, 0.05) is 0 Å². The summed E-state index contributed by atoms with van der Waals surface area (Å²) in [6, 6.07) is 0. The number of hydrogen-bond acceptors (Lipinski definition) is 2. The summed E-state index contributed by atoms with van der Waals surface area (Å²) in [5.41, 5.74) is -0.248. The van der Waals surface area contributed by atoms with Crippen molar-refractivity contribution in [1.82, 2.24) is 0 Å². The Labute approximate surface area is 112 Å². The second-order valence-electron chi connectivity index (χ2n) is 4.84. The molecule has 1 saturated carbocycles. The van der Waals surface area contributed by atoms with Crippen molar-refractivity contribution in [2.75, 3.05) is 6.67 Å². The minimum absolute atomic E-state index is 0.181. The van der Waals surface area contributed by atoms with Gasteiger partial charge in [-0.05, 0) is 39.0 Å². The Bertz CT molecular complexity index is 173. The van der Waals surface area contributed by atoms with Crippen LogP contribution in [0.2, 0.25) is 0 Å². The van der Waals surface area contributed by atoms with E-state index in [0.29, 0.717) is 18.8 Å². The first-order valence-corrected chi connectivity index (χ1v) is 7.26. The maximum atomic E-state index is 10.7. The molecule has 0 heterocycles. The Balaban J connectivity index is 0. The van der Waals surface area contributed by atoms with Crippen molar-refractivity contribution in [3.8, 4) is 0 Å². The standard InChI is InChI=1S/C10H18O2.C3H7F.C2H6/c1-10(2,12-8-11)9-6-4-3-5-7-9;1-2-3-4;1-2/h8-9H,3-7H2,1-2H3;2-3H2,1H3;1-2H3. The third kappa shape index (κ3) is 9.43. The van der Waals surface area contributed by atoms with E-state index in [-0.39, 0.29) is 12.3 Å². The van der Waals surface area contributed by atoms with Crippen molar-refractivity contribution < 1.29 is 13.9 Å². The van der Waals surface area contributed by atoms with E-state index >= 15 is 0 Å². The molecule has 0 N–H and O–H groups in total. The van der Waals surface area contributed by atoms with Crippen LogP contribution in [0.4, 0.5) is 4.39 Å². The lowest BCUT2D eigenvalue weighted by atomic mass is 9.79. The Kier molecular flexibility index (Phi) is 14.1. The summed E-state index contributed by atoms with van der Waals surface area (Å²) in [6.45, 7) is 10.2. The molecule has 0 aliphatic heterocycles. The lowest BCUT2D eigenvalue weighted by Crippen LogP contribution is -2.35. The monoisotopic (exact) mass is 262 g/mol. The van der Waals surface area contributed by atoms with Crippen molar-refractivity contribution in [1.29, 1.82) is 0 Å². The van der Waals surface area contributed by atoms with Crippen molar-refractivity contribution >= 4 is 6.47 Å². The van der Waals surface area contributed by atoms with Gasteiger partial charge in [-0.1, -0.05) is 40.0 Å². The molecule has 3 heteroatoms. The Morgan fingerprint density at radius 1 is 1.22 bits per heavy atom. The highest BCUT2D eigenvalue weighted by molar-refractivity contribution is 5.38. The third-order valence-corrected chi connectivity index (χ3v) is 3.13.